The summed E-state index contributed by atoms with van der Waals surface area (Å²) in [6.07, 6.45) is 1.37. The van der Waals surface area contributed by atoms with Crippen molar-refractivity contribution in [2.75, 3.05) is 16.8 Å². The van der Waals surface area contributed by atoms with Crippen LogP contribution in [0.25, 0.3) is 11.1 Å². The van der Waals surface area contributed by atoms with Gasteiger partial charge in [0.25, 0.3) is 0 Å². The predicted molar refractivity (Wildman–Crippen MR) is 97.2 cm³/mol. The molecule has 0 aromatic heterocycles. The molecule has 0 saturated carbocycles. The Balaban J connectivity index is 1.51. The van der Waals surface area contributed by atoms with Gasteiger partial charge >= 0.3 is 0 Å². The van der Waals surface area contributed by atoms with E-state index in [1.807, 2.05) is 12.1 Å². The second kappa shape index (κ2) is 6.32. The van der Waals surface area contributed by atoms with Crippen LogP contribution in [0.1, 0.15) is 17.5 Å². The number of nitrogens with one attached hydrogen (secondary N) is 2. The third-order valence-corrected chi connectivity index (χ3v) is 5.53. The van der Waals surface area contributed by atoms with Gasteiger partial charge in [-0.05, 0) is 40.8 Å². The summed E-state index contributed by atoms with van der Waals surface area (Å²) in [5, 5.41) is 5.74. The van der Waals surface area contributed by atoms with E-state index in [1.54, 1.807) is 11.8 Å². The number of benzene rings is 2. The van der Waals surface area contributed by atoms with E-state index < -0.39 is 6.04 Å². The van der Waals surface area contributed by atoms with Gasteiger partial charge in [-0.15, -0.1) is 0 Å². The van der Waals surface area contributed by atoms with E-state index in [0.29, 0.717) is 12.2 Å². The van der Waals surface area contributed by atoms with Gasteiger partial charge in [-0.1, -0.05) is 30.3 Å². The van der Waals surface area contributed by atoms with Crippen LogP contribution in [-0.2, 0) is 16.0 Å². The monoisotopic (exact) mass is 338 g/mol. The SMILES string of the molecule is O=C1CCSC[C@H](C(=O)Nc2ccc3c(c2)Cc2ccccc2-3)N1. The van der Waals surface area contributed by atoms with Crippen LogP contribution in [-0.4, -0.2) is 29.4 Å². The number of rotatable bonds is 2. The van der Waals surface area contributed by atoms with E-state index in [4.69, 9.17) is 0 Å². The first kappa shape index (κ1) is 15.3. The van der Waals surface area contributed by atoms with Crippen molar-refractivity contribution < 1.29 is 9.59 Å². The molecule has 2 aromatic rings. The molecule has 2 amide bonds. The van der Waals surface area contributed by atoms with E-state index in [2.05, 4.69) is 41.0 Å². The third kappa shape index (κ3) is 2.91. The zero-order chi connectivity index (χ0) is 16.5. The number of amides is 2. The Kier molecular flexibility index (Phi) is 4.02. The van der Waals surface area contributed by atoms with Gasteiger partial charge in [0.1, 0.15) is 6.04 Å². The normalized spacial score (nSPS) is 19.0. The quantitative estimate of drug-likeness (QED) is 0.755. The second-order valence-electron chi connectivity index (χ2n) is 6.14. The Labute approximate surface area is 145 Å². The molecule has 1 heterocycles. The van der Waals surface area contributed by atoms with E-state index in [-0.39, 0.29) is 11.8 Å². The van der Waals surface area contributed by atoms with Crippen molar-refractivity contribution in [3.8, 4) is 11.1 Å². The molecule has 1 fully saturated rings. The summed E-state index contributed by atoms with van der Waals surface area (Å²) in [5.41, 5.74) is 5.85. The molecule has 4 nitrogen and oxygen atoms in total. The summed E-state index contributed by atoms with van der Waals surface area (Å²) in [4.78, 5) is 24.1. The Morgan fingerprint density at radius 2 is 1.96 bits per heavy atom. The van der Waals surface area contributed by atoms with Crippen LogP contribution in [0.5, 0.6) is 0 Å². The maximum atomic E-state index is 12.4. The van der Waals surface area contributed by atoms with Gasteiger partial charge < -0.3 is 10.6 Å². The number of hydrogen-bond acceptors (Lipinski definition) is 3. The van der Waals surface area contributed by atoms with Gasteiger partial charge in [-0.3, -0.25) is 9.59 Å². The summed E-state index contributed by atoms with van der Waals surface area (Å²) in [6, 6.07) is 14.0. The van der Waals surface area contributed by atoms with Crippen molar-refractivity contribution in [3.63, 3.8) is 0 Å². The third-order valence-electron chi connectivity index (χ3n) is 4.47. The number of anilines is 1. The molecule has 1 aliphatic heterocycles. The Morgan fingerprint density at radius 3 is 2.88 bits per heavy atom. The highest BCUT2D eigenvalue weighted by Crippen LogP contribution is 2.37. The van der Waals surface area contributed by atoms with E-state index in [1.165, 1.54) is 22.3 Å². The van der Waals surface area contributed by atoms with Crippen molar-refractivity contribution in [1.29, 1.82) is 0 Å². The fourth-order valence-electron chi connectivity index (χ4n) is 3.27. The summed E-state index contributed by atoms with van der Waals surface area (Å²) in [7, 11) is 0. The maximum absolute atomic E-state index is 12.4. The van der Waals surface area contributed by atoms with Crippen molar-refractivity contribution in [2.24, 2.45) is 0 Å². The van der Waals surface area contributed by atoms with Gasteiger partial charge in [-0.25, -0.2) is 0 Å². The Morgan fingerprint density at radius 1 is 1.12 bits per heavy atom. The van der Waals surface area contributed by atoms with Crippen LogP contribution in [0.3, 0.4) is 0 Å². The molecule has 1 saturated heterocycles. The highest BCUT2D eigenvalue weighted by atomic mass is 32.2. The average molecular weight is 338 g/mol. The largest absolute Gasteiger partial charge is 0.343 e. The fourth-order valence-corrected chi connectivity index (χ4v) is 4.23. The maximum Gasteiger partial charge on any atom is 0.247 e. The van der Waals surface area contributed by atoms with Crippen molar-refractivity contribution >= 4 is 29.3 Å². The van der Waals surface area contributed by atoms with Gasteiger partial charge in [-0.2, -0.15) is 11.8 Å². The lowest BCUT2D eigenvalue weighted by molar-refractivity contribution is -0.125. The van der Waals surface area contributed by atoms with Gasteiger partial charge in [0, 0.05) is 23.6 Å². The molecule has 0 radical (unpaired) electrons. The highest BCUT2D eigenvalue weighted by molar-refractivity contribution is 7.99. The topological polar surface area (TPSA) is 58.2 Å². The molecule has 1 atom stereocenters. The second-order valence-corrected chi connectivity index (χ2v) is 7.29. The molecule has 24 heavy (non-hydrogen) atoms. The molecule has 0 spiro atoms. The fraction of sp³-hybridized carbons (Fsp3) is 0.263. The van der Waals surface area contributed by atoms with E-state index in [0.717, 1.165) is 17.9 Å². The number of carbonyl (C=O) groups is 2. The number of hydrogen-bond donors (Lipinski definition) is 2. The lowest BCUT2D eigenvalue weighted by atomic mass is 10.1. The lowest BCUT2D eigenvalue weighted by Gasteiger charge is -2.15. The van der Waals surface area contributed by atoms with E-state index in [9.17, 15) is 9.59 Å². The zero-order valence-corrected chi connectivity index (χ0v) is 14.0. The van der Waals surface area contributed by atoms with E-state index >= 15 is 0 Å². The van der Waals surface area contributed by atoms with Crippen molar-refractivity contribution in [3.05, 3.63) is 53.6 Å². The number of thioether (sulfide) groups is 1. The molecule has 122 valence electrons. The summed E-state index contributed by atoms with van der Waals surface area (Å²) in [5.74, 6) is 1.19. The molecular formula is C19H18N2O2S. The zero-order valence-electron chi connectivity index (χ0n) is 13.2. The van der Waals surface area contributed by atoms with Gasteiger partial charge in [0.15, 0.2) is 0 Å². The molecule has 0 bridgehead atoms. The smallest absolute Gasteiger partial charge is 0.247 e. The molecule has 1 aliphatic carbocycles. The van der Waals surface area contributed by atoms with Crippen LogP contribution in [0, 0.1) is 0 Å². The molecule has 5 heteroatoms. The van der Waals surface area contributed by atoms with Crippen LogP contribution in [0.2, 0.25) is 0 Å². The van der Waals surface area contributed by atoms with Crippen molar-refractivity contribution in [1.82, 2.24) is 5.32 Å². The predicted octanol–water partition coefficient (Wildman–Crippen LogP) is 2.82. The molecular weight excluding hydrogens is 320 g/mol. The number of carbonyl (C=O) groups excluding carboxylic acids is 2. The van der Waals surface area contributed by atoms with Crippen LogP contribution >= 0.6 is 11.8 Å². The summed E-state index contributed by atoms with van der Waals surface area (Å²) in [6.45, 7) is 0. The first-order chi connectivity index (χ1) is 11.7. The molecule has 0 unspecified atom stereocenters. The summed E-state index contributed by atoms with van der Waals surface area (Å²) >= 11 is 1.63. The Bertz CT molecular complexity index is 819. The minimum Gasteiger partial charge on any atom is -0.343 e. The Hall–Kier alpha value is -2.27. The lowest BCUT2D eigenvalue weighted by Crippen LogP contribution is -2.44. The standard InChI is InChI=1S/C19H18N2O2S/c22-18-7-8-24-11-17(21-18)19(23)20-14-5-6-16-13(10-14)9-12-3-1-2-4-15(12)16/h1-6,10,17H,7-9,11H2,(H,20,23)(H,21,22)/t17-/m1/s1. The average Bonchev–Trinajstić information content (AvgIpc) is 2.80. The minimum atomic E-state index is -0.463. The van der Waals surface area contributed by atoms with Crippen LogP contribution in [0.4, 0.5) is 5.69 Å². The number of fused-ring (bicyclic) bond motifs is 3. The molecule has 2 N–H and O–H groups in total. The van der Waals surface area contributed by atoms with Gasteiger partial charge in [0.05, 0.1) is 0 Å². The summed E-state index contributed by atoms with van der Waals surface area (Å²) < 4.78 is 0. The minimum absolute atomic E-state index is 0.0513. The van der Waals surface area contributed by atoms with Crippen LogP contribution < -0.4 is 10.6 Å². The van der Waals surface area contributed by atoms with Crippen LogP contribution in [0.15, 0.2) is 42.5 Å². The first-order valence-electron chi connectivity index (χ1n) is 8.10. The molecule has 4 rings (SSSR count). The first-order valence-corrected chi connectivity index (χ1v) is 9.25. The molecule has 2 aromatic carbocycles. The molecule has 2 aliphatic rings. The highest BCUT2D eigenvalue weighted by Gasteiger charge is 2.24. The van der Waals surface area contributed by atoms with Gasteiger partial charge in [0.2, 0.25) is 11.8 Å². The van der Waals surface area contributed by atoms with Crippen molar-refractivity contribution in [2.45, 2.75) is 18.9 Å².